The molecule has 0 spiro atoms. The van der Waals surface area contributed by atoms with Gasteiger partial charge < -0.3 is 4.52 Å². The molecule has 21 heavy (non-hydrogen) atoms. The lowest BCUT2D eigenvalue weighted by Gasteiger charge is -2.04. The summed E-state index contributed by atoms with van der Waals surface area (Å²) in [4.78, 5) is 11.2. The first-order valence-corrected chi connectivity index (χ1v) is 6.83. The van der Waals surface area contributed by atoms with E-state index in [1.54, 1.807) is 13.0 Å². The van der Waals surface area contributed by atoms with Crippen molar-refractivity contribution >= 4 is 0 Å². The normalized spacial score (nSPS) is 10.5. The molecule has 3 rings (SSSR count). The summed E-state index contributed by atoms with van der Waals surface area (Å²) < 4.78 is 4.75. The summed E-state index contributed by atoms with van der Waals surface area (Å²) in [5.41, 5.74) is 4.49. The van der Waals surface area contributed by atoms with Crippen molar-refractivity contribution in [2.75, 3.05) is 0 Å². The Balaban J connectivity index is 1.81. The lowest BCUT2D eigenvalue weighted by atomic mass is 10.0. The second kappa shape index (κ2) is 5.75. The van der Waals surface area contributed by atoms with Crippen molar-refractivity contribution < 1.29 is 4.52 Å². The number of hydrogen-bond acceptors (Lipinski definition) is 3. The monoisotopic (exact) mass is 277 g/mol. The van der Waals surface area contributed by atoms with Gasteiger partial charge in [-0.2, -0.15) is 0 Å². The molecule has 0 aliphatic carbocycles. The fraction of sp³-hybridized carbons (Fsp3) is 0.111. The lowest BCUT2D eigenvalue weighted by molar-refractivity contribution is 0.357. The molecule has 0 N–H and O–H groups in total. The first-order chi connectivity index (χ1) is 10.2. The van der Waals surface area contributed by atoms with E-state index in [1.807, 2.05) is 18.2 Å². The Kier molecular flexibility index (Phi) is 3.65. The highest BCUT2D eigenvalue weighted by molar-refractivity contribution is 5.63. The molecule has 1 aromatic heterocycles. The Bertz CT molecular complexity index is 789. The molecule has 0 aliphatic rings. The lowest BCUT2D eigenvalue weighted by Crippen LogP contribution is -2.06. The van der Waals surface area contributed by atoms with Crippen LogP contribution >= 0.6 is 0 Å². The van der Waals surface area contributed by atoms with Crippen LogP contribution in [0.2, 0.25) is 0 Å². The van der Waals surface area contributed by atoms with Crippen LogP contribution in [0.15, 0.2) is 70.0 Å². The molecule has 2 aromatic carbocycles. The van der Waals surface area contributed by atoms with Crippen LogP contribution in [0.25, 0.3) is 11.1 Å². The van der Waals surface area contributed by atoms with E-state index in [0.717, 1.165) is 11.3 Å². The van der Waals surface area contributed by atoms with E-state index in [1.165, 1.54) is 11.1 Å². The predicted molar refractivity (Wildman–Crippen MR) is 82.2 cm³/mol. The van der Waals surface area contributed by atoms with Crippen LogP contribution in [-0.4, -0.2) is 5.16 Å². The largest absolute Gasteiger partial charge is 0.361 e. The summed E-state index contributed by atoms with van der Waals surface area (Å²) >= 11 is 0. The summed E-state index contributed by atoms with van der Waals surface area (Å²) in [5.74, 6) is 0. The van der Waals surface area contributed by atoms with Crippen LogP contribution in [0.3, 0.4) is 0 Å². The van der Waals surface area contributed by atoms with Gasteiger partial charge in [0.05, 0.1) is 5.69 Å². The average molecular weight is 277 g/mol. The maximum atomic E-state index is 11.2. The maximum Gasteiger partial charge on any atom is 0.361 e. The number of rotatable bonds is 3. The highest BCUT2D eigenvalue weighted by Crippen LogP contribution is 2.20. The Hall–Kier alpha value is -2.68. The van der Waals surface area contributed by atoms with Gasteiger partial charge in [-0.1, -0.05) is 59.8 Å². The van der Waals surface area contributed by atoms with E-state index in [4.69, 9.17) is 4.52 Å². The Morgan fingerprint density at radius 1 is 0.952 bits per heavy atom. The van der Waals surface area contributed by atoms with Crippen molar-refractivity contribution in [3.8, 4) is 11.1 Å². The van der Waals surface area contributed by atoms with Crippen LogP contribution in [0.4, 0.5) is 0 Å². The smallest absolute Gasteiger partial charge is 0.313 e. The van der Waals surface area contributed by atoms with Crippen LogP contribution in [0.1, 0.15) is 16.8 Å². The number of nitrogens with zero attached hydrogens (tertiary/aromatic N) is 1. The van der Waals surface area contributed by atoms with Crippen LogP contribution in [0, 0.1) is 6.92 Å². The van der Waals surface area contributed by atoms with Gasteiger partial charge in [0.25, 0.3) is 0 Å². The van der Waals surface area contributed by atoms with E-state index in [0.29, 0.717) is 12.0 Å². The molecule has 3 nitrogen and oxygen atoms in total. The summed E-state index contributed by atoms with van der Waals surface area (Å²) in [6.45, 7) is 1.73. The molecule has 0 radical (unpaired) electrons. The van der Waals surface area contributed by atoms with Crippen molar-refractivity contribution in [1.82, 2.24) is 5.16 Å². The second-order valence-corrected chi connectivity index (χ2v) is 5.03. The first-order valence-electron chi connectivity index (χ1n) is 6.83. The molecule has 0 atom stereocenters. The molecule has 0 fully saturated rings. The third kappa shape index (κ3) is 3.08. The van der Waals surface area contributed by atoms with Gasteiger partial charge in [0.1, 0.15) is 0 Å². The van der Waals surface area contributed by atoms with Gasteiger partial charge in [-0.25, -0.2) is 4.79 Å². The molecule has 3 heteroatoms. The molecular weight excluding hydrogens is 262 g/mol. The highest BCUT2D eigenvalue weighted by atomic mass is 16.5. The molecule has 104 valence electrons. The minimum Gasteiger partial charge on any atom is -0.313 e. The first kappa shape index (κ1) is 13.3. The predicted octanol–water partition coefficient (Wildman–Crippen LogP) is 3.60. The van der Waals surface area contributed by atoms with Crippen molar-refractivity contribution in [2.45, 2.75) is 13.3 Å². The summed E-state index contributed by atoms with van der Waals surface area (Å²) in [7, 11) is 0. The van der Waals surface area contributed by atoms with Gasteiger partial charge in [0.15, 0.2) is 0 Å². The van der Waals surface area contributed by atoms with Gasteiger partial charge in [-0.15, -0.1) is 0 Å². The molecular formula is C18H15NO2. The molecule has 0 bridgehead atoms. The van der Waals surface area contributed by atoms with E-state index in [9.17, 15) is 4.79 Å². The highest BCUT2D eigenvalue weighted by Gasteiger charge is 2.03. The molecule has 0 aliphatic heterocycles. The van der Waals surface area contributed by atoms with E-state index in [-0.39, 0.29) is 5.63 Å². The number of hydrogen-bond donors (Lipinski definition) is 0. The molecule has 0 saturated carbocycles. The van der Waals surface area contributed by atoms with E-state index >= 15 is 0 Å². The van der Waals surface area contributed by atoms with Crippen molar-refractivity contribution in [3.05, 3.63) is 87.9 Å². The number of benzene rings is 2. The molecule has 0 saturated heterocycles. The Morgan fingerprint density at radius 3 is 2.29 bits per heavy atom. The minimum atomic E-state index is -0.377. The number of aryl methyl sites for hydroxylation is 1. The van der Waals surface area contributed by atoms with Gasteiger partial charge in [0, 0.05) is 12.0 Å². The SMILES string of the molecule is Cc1cc(Cc2ccc(-c3ccccc3)cc2)noc1=O. The zero-order valence-electron chi connectivity index (χ0n) is 11.7. The Morgan fingerprint density at radius 2 is 1.62 bits per heavy atom. The van der Waals surface area contributed by atoms with Crippen molar-refractivity contribution in [3.63, 3.8) is 0 Å². The Labute approximate surface area is 122 Å². The minimum absolute atomic E-state index is 0.377. The second-order valence-electron chi connectivity index (χ2n) is 5.03. The summed E-state index contributed by atoms with van der Waals surface area (Å²) in [5, 5.41) is 3.83. The van der Waals surface area contributed by atoms with Crippen LogP contribution in [0.5, 0.6) is 0 Å². The average Bonchev–Trinajstić information content (AvgIpc) is 2.53. The van der Waals surface area contributed by atoms with Crippen LogP contribution < -0.4 is 5.63 Å². The van der Waals surface area contributed by atoms with E-state index in [2.05, 4.69) is 41.6 Å². The topological polar surface area (TPSA) is 43.1 Å². The van der Waals surface area contributed by atoms with Crippen LogP contribution in [-0.2, 0) is 6.42 Å². The molecule has 0 unspecified atom stereocenters. The fourth-order valence-electron chi connectivity index (χ4n) is 2.25. The molecule has 0 amide bonds. The van der Waals surface area contributed by atoms with Crippen molar-refractivity contribution in [1.29, 1.82) is 0 Å². The van der Waals surface area contributed by atoms with E-state index < -0.39 is 0 Å². The number of aromatic nitrogens is 1. The zero-order chi connectivity index (χ0) is 14.7. The maximum absolute atomic E-state index is 11.2. The third-order valence-electron chi connectivity index (χ3n) is 3.40. The van der Waals surface area contributed by atoms with Gasteiger partial charge in [0.2, 0.25) is 0 Å². The summed E-state index contributed by atoms with van der Waals surface area (Å²) in [6, 6.07) is 20.4. The van der Waals surface area contributed by atoms with Crippen molar-refractivity contribution in [2.24, 2.45) is 0 Å². The quantitative estimate of drug-likeness (QED) is 0.734. The fourth-order valence-corrected chi connectivity index (χ4v) is 2.25. The standard InChI is InChI=1S/C18H15NO2/c1-13-11-17(19-21-18(13)20)12-14-7-9-16(10-8-14)15-5-3-2-4-6-15/h2-11H,12H2,1H3. The van der Waals surface area contributed by atoms with Gasteiger partial charge in [-0.3, -0.25) is 0 Å². The third-order valence-corrected chi connectivity index (χ3v) is 3.40. The van der Waals surface area contributed by atoms with Gasteiger partial charge >= 0.3 is 5.63 Å². The van der Waals surface area contributed by atoms with Gasteiger partial charge in [-0.05, 0) is 29.7 Å². The zero-order valence-corrected chi connectivity index (χ0v) is 11.7. The summed E-state index contributed by atoms with van der Waals surface area (Å²) in [6.07, 6.45) is 0.652. The molecule has 1 heterocycles. The molecule has 3 aromatic rings.